The van der Waals surface area contributed by atoms with Crippen molar-refractivity contribution in [1.82, 2.24) is 20.4 Å². The van der Waals surface area contributed by atoms with Crippen molar-refractivity contribution in [3.05, 3.63) is 34.9 Å². The van der Waals surface area contributed by atoms with Crippen LogP contribution in [-0.2, 0) is 20.9 Å². The van der Waals surface area contributed by atoms with Crippen LogP contribution in [-0.4, -0.2) is 71.6 Å². The van der Waals surface area contributed by atoms with Gasteiger partial charge in [0.25, 0.3) is 11.8 Å². The molecule has 3 fully saturated rings. The first-order chi connectivity index (χ1) is 15.3. The Morgan fingerprint density at radius 3 is 2.69 bits per heavy atom. The lowest BCUT2D eigenvalue weighted by Gasteiger charge is -2.36. The average Bonchev–Trinajstić information content (AvgIpc) is 3.25. The van der Waals surface area contributed by atoms with Gasteiger partial charge >= 0.3 is 0 Å². The van der Waals surface area contributed by atoms with Crippen molar-refractivity contribution in [3.8, 4) is 0 Å². The lowest BCUT2D eigenvalue weighted by molar-refractivity contribution is -0.136. The number of amides is 5. The third-order valence-electron chi connectivity index (χ3n) is 7.31. The third kappa shape index (κ3) is 3.05. The Kier molecular flexibility index (Phi) is 4.86. The van der Waals surface area contributed by atoms with Gasteiger partial charge in [0, 0.05) is 32.6 Å². The molecule has 10 nitrogen and oxygen atoms in total. The van der Waals surface area contributed by atoms with E-state index in [1.807, 2.05) is 0 Å². The zero-order valence-electron chi connectivity index (χ0n) is 17.6. The normalized spacial score (nSPS) is 30.3. The SMILES string of the molecule is NC(=O)C12CNCCC1CN(Cc1cccc3c1C(=O)N(C1CCC(=O)NC1=O)C3=O)C2. The molecule has 3 atom stereocenters. The molecule has 0 radical (unpaired) electrons. The van der Waals surface area contributed by atoms with Crippen LogP contribution >= 0.6 is 0 Å². The van der Waals surface area contributed by atoms with Crippen molar-refractivity contribution in [2.75, 3.05) is 26.2 Å². The van der Waals surface area contributed by atoms with Crippen LogP contribution in [0.5, 0.6) is 0 Å². The average molecular weight is 439 g/mol. The predicted molar refractivity (Wildman–Crippen MR) is 111 cm³/mol. The maximum Gasteiger partial charge on any atom is 0.262 e. The number of primary amides is 1. The van der Waals surface area contributed by atoms with Crippen LogP contribution in [0.25, 0.3) is 0 Å². The minimum atomic E-state index is -0.994. The smallest absolute Gasteiger partial charge is 0.262 e. The number of nitrogens with zero attached hydrogens (tertiary/aromatic N) is 2. The van der Waals surface area contributed by atoms with E-state index in [-0.39, 0.29) is 30.2 Å². The zero-order valence-corrected chi connectivity index (χ0v) is 17.6. The fourth-order valence-electron chi connectivity index (χ4n) is 5.68. The van der Waals surface area contributed by atoms with Crippen molar-refractivity contribution in [3.63, 3.8) is 0 Å². The summed E-state index contributed by atoms with van der Waals surface area (Å²) in [5.74, 6) is -2.23. The number of hydrogen-bond donors (Lipinski definition) is 3. The number of fused-ring (bicyclic) bond motifs is 2. The van der Waals surface area contributed by atoms with E-state index in [1.54, 1.807) is 18.2 Å². The van der Waals surface area contributed by atoms with Crippen LogP contribution in [0.4, 0.5) is 0 Å². The molecule has 3 unspecified atom stereocenters. The van der Waals surface area contributed by atoms with E-state index in [2.05, 4.69) is 15.5 Å². The van der Waals surface area contributed by atoms with Crippen molar-refractivity contribution >= 4 is 29.5 Å². The fraction of sp³-hybridized carbons (Fsp3) is 0.500. The molecule has 4 heterocycles. The molecule has 0 aliphatic carbocycles. The molecule has 4 aliphatic rings. The van der Waals surface area contributed by atoms with Gasteiger partial charge < -0.3 is 11.1 Å². The molecule has 0 aromatic heterocycles. The summed E-state index contributed by atoms with van der Waals surface area (Å²) in [5, 5.41) is 5.48. The summed E-state index contributed by atoms with van der Waals surface area (Å²) in [5.41, 5.74) is 6.39. The second kappa shape index (κ2) is 7.49. The van der Waals surface area contributed by atoms with Crippen molar-refractivity contribution in [1.29, 1.82) is 0 Å². The van der Waals surface area contributed by atoms with E-state index < -0.39 is 35.1 Å². The number of benzene rings is 1. The van der Waals surface area contributed by atoms with Gasteiger partial charge in [-0.2, -0.15) is 0 Å². The van der Waals surface area contributed by atoms with Crippen molar-refractivity contribution in [2.45, 2.75) is 31.8 Å². The summed E-state index contributed by atoms with van der Waals surface area (Å²) in [6.45, 7) is 2.95. The Morgan fingerprint density at radius 2 is 1.97 bits per heavy atom. The molecule has 0 spiro atoms. The van der Waals surface area contributed by atoms with E-state index in [0.29, 0.717) is 37.3 Å². The van der Waals surface area contributed by atoms with Gasteiger partial charge in [0.1, 0.15) is 6.04 Å². The minimum absolute atomic E-state index is 0.0784. The fourth-order valence-corrected chi connectivity index (χ4v) is 5.68. The summed E-state index contributed by atoms with van der Waals surface area (Å²) < 4.78 is 0. The van der Waals surface area contributed by atoms with Crippen molar-refractivity contribution in [2.24, 2.45) is 17.1 Å². The first kappa shape index (κ1) is 20.8. The second-order valence-corrected chi connectivity index (χ2v) is 9.14. The van der Waals surface area contributed by atoms with Gasteiger partial charge in [0.2, 0.25) is 17.7 Å². The maximum atomic E-state index is 13.3. The number of likely N-dealkylation sites (tertiary alicyclic amines) is 1. The quantitative estimate of drug-likeness (QED) is 0.510. The number of piperidine rings is 2. The van der Waals surface area contributed by atoms with Crippen LogP contribution in [0.1, 0.15) is 45.5 Å². The summed E-state index contributed by atoms with van der Waals surface area (Å²) >= 11 is 0. The molecule has 5 amide bonds. The van der Waals surface area contributed by atoms with Gasteiger partial charge in [-0.15, -0.1) is 0 Å². The number of hydrogen-bond acceptors (Lipinski definition) is 7. The molecule has 0 bridgehead atoms. The Labute approximate surface area is 184 Å². The van der Waals surface area contributed by atoms with E-state index in [9.17, 15) is 24.0 Å². The van der Waals surface area contributed by atoms with E-state index in [4.69, 9.17) is 5.73 Å². The maximum absolute atomic E-state index is 13.3. The monoisotopic (exact) mass is 439 g/mol. The highest BCUT2D eigenvalue weighted by Crippen LogP contribution is 2.41. The molecule has 1 aromatic rings. The van der Waals surface area contributed by atoms with Crippen molar-refractivity contribution < 1.29 is 24.0 Å². The lowest BCUT2D eigenvalue weighted by Crippen LogP contribution is -2.54. The first-order valence-electron chi connectivity index (χ1n) is 10.9. The molecule has 4 aliphatic heterocycles. The van der Waals surface area contributed by atoms with Crippen LogP contribution in [0.3, 0.4) is 0 Å². The van der Waals surface area contributed by atoms with Crippen LogP contribution < -0.4 is 16.4 Å². The predicted octanol–water partition coefficient (Wildman–Crippen LogP) is -1.02. The molecular weight excluding hydrogens is 414 g/mol. The Balaban J connectivity index is 1.41. The molecule has 0 saturated carbocycles. The highest BCUT2D eigenvalue weighted by Gasteiger charge is 2.52. The number of nitrogens with one attached hydrogen (secondary N) is 2. The lowest BCUT2D eigenvalue weighted by atomic mass is 9.73. The highest BCUT2D eigenvalue weighted by atomic mass is 16.2. The second-order valence-electron chi connectivity index (χ2n) is 9.14. The number of imide groups is 2. The molecule has 10 heteroatoms. The molecule has 1 aromatic carbocycles. The standard InChI is InChI=1S/C22H25N5O5/c23-21(32)22-10-24-7-6-13(22)9-26(11-22)8-12-2-1-3-14-17(12)20(31)27(19(14)30)15-4-5-16(28)25-18(15)29/h1-3,13,15,24H,4-11H2,(H2,23,32)(H,25,28,29). The van der Waals surface area contributed by atoms with Crippen LogP contribution in [0.15, 0.2) is 18.2 Å². The van der Waals surface area contributed by atoms with Gasteiger partial charge in [0.05, 0.1) is 16.5 Å². The largest absolute Gasteiger partial charge is 0.369 e. The number of carbonyl (C=O) groups is 5. The van der Waals surface area contributed by atoms with Gasteiger partial charge in [-0.1, -0.05) is 12.1 Å². The number of rotatable bonds is 4. The molecule has 5 rings (SSSR count). The minimum Gasteiger partial charge on any atom is -0.369 e. The van der Waals surface area contributed by atoms with Gasteiger partial charge in [0.15, 0.2) is 0 Å². The Bertz CT molecular complexity index is 1060. The third-order valence-corrected chi connectivity index (χ3v) is 7.31. The molecular formula is C22H25N5O5. The van der Waals surface area contributed by atoms with Gasteiger partial charge in [-0.05, 0) is 36.9 Å². The number of carbonyl (C=O) groups excluding carboxylic acids is 5. The Hall–Kier alpha value is -3.11. The van der Waals surface area contributed by atoms with Gasteiger partial charge in [-0.3, -0.25) is 39.1 Å². The topological polar surface area (TPSA) is 142 Å². The Morgan fingerprint density at radius 1 is 1.16 bits per heavy atom. The summed E-state index contributed by atoms with van der Waals surface area (Å²) in [6.07, 6.45) is 1.05. The summed E-state index contributed by atoms with van der Waals surface area (Å²) in [6, 6.07) is 4.12. The first-order valence-corrected chi connectivity index (χ1v) is 10.9. The number of nitrogens with two attached hydrogens (primary N) is 1. The zero-order chi connectivity index (χ0) is 22.6. The molecule has 3 saturated heterocycles. The summed E-state index contributed by atoms with van der Waals surface area (Å²) in [7, 11) is 0. The van der Waals surface area contributed by atoms with E-state index in [1.165, 1.54) is 0 Å². The van der Waals surface area contributed by atoms with Crippen LogP contribution in [0.2, 0.25) is 0 Å². The van der Waals surface area contributed by atoms with Gasteiger partial charge in [-0.25, -0.2) is 0 Å². The van der Waals surface area contributed by atoms with Crippen LogP contribution in [0, 0.1) is 11.3 Å². The van der Waals surface area contributed by atoms with E-state index >= 15 is 0 Å². The molecule has 4 N–H and O–H groups in total. The van der Waals surface area contributed by atoms with E-state index in [0.717, 1.165) is 17.9 Å². The summed E-state index contributed by atoms with van der Waals surface area (Å²) in [4.78, 5) is 65.5. The molecule has 168 valence electrons. The highest BCUT2D eigenvalue weighted by molar-refractivity contribution is 6.24. The molecule has 32 heavy (non-hydrogen) atoms.